The Morgan fingerprint density at radius 2 is 1.78 bits per heavy atom. The molecule has 2 aliphatic heterocycles. The van der Waals surface area contributed by atoms with Crippen molar-refractivity contribution < 1.29 is 41.0 Å². The molecule has 7 nitrogen and oxygen atoms in total. The third-order valence-electron chi connectivity index (χ3n) is 7.29. The molecule has 1 aromatic heterocycles. The number of carboxylic acids is 1. The number of hydrogen-bond acceptors (Lipinski definition) is 5. The van der Waals surface area contributed by atoms with E-state index in [1.165, 1.54) is 22.6 Å². The second kappa shape index (κ2) is 10.2. The highest BCUT2D eigenvalue weighted by atomic mass is 32.2. The Morgan fingerprint density at radius 1 is 1.07 bits per heavy atom. The largest absolute Gasteiger partial charge is 0.481 e. The molecule has 2 aliphatic rings. The number of piperidine rings is 1. The van der Waals surface area contributed by atoms with E-state index < -0.39 is 47.3 Å². The van der Waals surface area contributed by atoms with Crippen LogP contribution in [-0.2, 0) is 28.5 Å². The van der Waals surface area contributed by atoms with Crippen LogP contribution in [0.2, 0.25) is 0 Å². The number of aromatic nitrogens is 2. The molecule has 0 unspecified atom stereocenters. The SMILES string of the molecule is CC1(C(=O)O)CCN(C2=NC(=O)C(=Cc3ccc4c(cnn4Cc4ccc(C(F)(F)F)cc4C(F)(F)F)c3)S2)CC1. The molecule has 3 aromatic rings. The highest BCUT2D eigenvalue weighted by Gasteiger charge is 2.40. The number of aliphatic imine (C=N–C) groups is 1. The minimum absolute atomic E-state index is 0.104. The third kappa shape index (κ3) is 5.83. The van der Waals surface area contributed by atoms with E-state index in [1.54, 1.807) is 31.2 Å². The number of fused-ring (bicyclic) bond motifs is 1. The van der Waals surface area contributed by atoms with Crippen molar-refractivity contribution in [3.63, 3.8) is 0 Å². The maximum Gasteiger partial charge on any atom is 0.416 e. The van der Waals surface area contributed by atoms with Gasteiger partial charge in [0.05, 0.1) is 39.7 Å². The minimum Gasteiger partial charge on any atom is -0.481 e. The van der Waals surface area contributed by atoms with Gasteiger partial charge >= 0.3 is 18.3 Å². The number of hydrogen-bond donors (Lipinski definition) is 1. The first-order valence-electron chi connectivity index (χ1n) is 12.4. The molecule has 1 fully saturated rings. The van der Waals surface area contributed by atoms with Crippen LogP contribution < -0.4 is 0 Å². The van der Waals surface area contributed by atoms with Crippen molar-refractivity contribution in [2.75, 3.05) is 13.1 Å². The molecule has 5 rings (SSSR count). The number of benzene rings is 2. The van der Waals surface area contributed by atoms with Gasteiger partial charge in [0.2, 0.25) is 0 Å². The van der Waals surface area contributed by atoms with Gasteiger partial charge in [-0.25, -0.2) is 0 Å². The Hall–Kier alpha value is -3.81. The summed E-state index contributed by atoms with van der Waals surface area (Å²) in [6, 6.07) is 6.47. The van der Waals surface area contributed by atoms with Gasteiger partial charge in [0.1, 0.15) is 0 Å². The fourth-order valence-corrected chi connectivity index (χ4v) is 5.69. The number of aliphatic carboxylic acids is 1. The Bertz CT molecular complexity index is 1600. The van der Waals surface area contributed by atoms with Crippen LogP contribution in [0.4, 0.5) is 26.3 Å². The van der Waals surface area contributed by atoms with E-state index in [0.717, 1.165) is 6.07 Å². The van der Waals surface area contributed by atoms with Crippen LogP contribution in [0.3, 0.4) is 0 Å². The number of amidine groups is 1. The average molecular weight is 597 g/mol. The van der Waals surface area contributed by atoms with E-state index in [4.69, 9.17) is 0 Å². The molecular formula is C27H22F6N4O3S. The van der Waals surface area contributed by atoms with Crippen LogP contribution in [0, 0.1) is 5.41 Å². The summed E-state index contributed by atoms with van der Waals surface area (Å²) >= 11 is 1.18. The summed E-state index contributed by atoms with van der Waals surface area (Å²) in [6.07, 6.45) is -6.01. The van der Waals surface area contributed by atoms with Gasteiger partial charge in [-0.3, -0.25) is 14.3 Å². The molecule has 0 bridgehead atoms. The van der Waals surface area contributed by atoms with E-state index in [0.29, 0.717) is 58.5 Å². The number of alkyl halides is 6. The van der Waals surface area contributed by atoms with Gasteiger partial charge in [-0.2, -0.15) is 36.4 Å². The second-order valence-corrected chi connectivity index (χ2v) is 11.2. The van der Waals surface area contributed by atoms with E-state index in [-0.39, 0.29) is 11.6 Å². The first-order chi connectivity index (χ1) is 19.1. The molecule has 216 valence electrons. The monoisotopic (exact) mass is 596 g/mol. The summed E-state index contributed by atoms with van der Waals surface area (Å²) in [5.41, 5.74) is -2.87. The van der Waals surface area contributed by atoms with Crippen molar-refractivity contribution in [3.05, 3.63) is 69.8 Å². The Kier molecular flexibility index (Phi) is 7.16. The summed E-state index contributed by atoms with van der Waals surface area (Å²) < 4.78 is 81.0. The van der Waals surface area contributed by atoms with Crippen molar-refractivity contribution in [1.82, 2.24) is 14.7 Å². The van der Waals surface area contributed by atoms with E-state index in [1.807, 2.05) is 4.90 Å². The van der Waals surface area contributed by atoms with E-state index in [9.17, 15) is 41.0 Å². The summed E-state index contributed by atoms with van der Waals surface area (Å²) in [5.74, 6) is -1.29. The first kappa shape index (κ1) is 28.7. The minimum atomic E-state index is -4.99. The Morgan fingerprint density at radius 3 is 2.41 bits per heavy atom. The molecule has 1 N–H and O–H groups in total. The van der Waals surface area contributed by atoms with Crippen molar-refractivity contribution in [2.24, 2.45) is 10.4 Å². The van der Waals surface area contributed by atoms with Crippen LogP contribution in [0.25, 0.3) is 17.0 Å². The predicted molar refractivity (Wildman–Crippen MR) is 140 cm³/mol. The van der Waals surface area contributed by atoms with Crippen LogP contribution in [0.1, 0.15) is 42.0 Å². The number of carbonyl (C=O) groups is 2. The van der Waals surface area contributed by atoms with Crippen LogP contribution in [-0.4, -0.2) is 49.9 Å². The lowest BCUT2D eigenvalue weighted by molar-refractivity contribution is -0.150. The van der Waals surface area contributed by atoms with Gasteiger partial charge in [0.15, 0.2) is 5.17 Å². The van der Waals surface area contributed by atoms with E-state index >= 15 is 0 Å². The van der Waals surface area contributed by atoms with Gasteiger partial charge < -0.3 is 10.0 Å². The second-order valence-electron chi connectivity index (χ2n) is 10.2. The maximum absolute atomic E-state index is 13.6. The topological polar surface area (TPSA) is 87.8 Å². The van der Waals surface area contributed by atoms with Crippen LogP contribution in [0.5, 0.6) is 0 Å². The van der Waals surface area contributed by atoms with Gasteiger partial charge in [-0.15, -0.1) is 0 Å². The zero-order chi connectivity index (χ0) is 29.7. The Balaban J connectivity index is 1.33. The van der Waals surface area contributed by atoms with Crippen molar-refractivity contribution in [2.45, 2.75) is 38.7 Å². The molecule has 0 saturated carbocycles. The lowest BCUT2D eigenvalue weighted by atomic mass is 9.81. The van der Waals surface area contributed by atoms with Gasteiger partial charge in [0, 0.05) is 18.5 Å². The molecule has 0 radical (unpaired) electrons. The lowest BCUT2D eigenvalue weighted by Crippen LogP contribution is -2.44. The lowest BCUT2D eigenvalue weighted by Gasteiger charge is -2.36. The summed E-state index contributed by atoms with van der Waals surface area (Å²) in [7, 11) is 0. The molecule has 14 heteroatoms. The highest BCUT2D eigenvalue weighted by Crippen LogP contribution is 2.39. The van der Waals surface area contributed by atoms with Crippen molar-refractivity contribution in [3.8, 4) is 0 Å². The van der Waals surface area contributed by atoms with Crippen molar-refractivity contribution in [1.29, 1.82) is 0 Å². The van der Waals surface area contributed by atoms with Gasteiger partial charge in [-0.1, -0.05) is 12.1 Å². The summed E-state index contributed by atoms with van der Waals surface area (Å²) in [4.78, 5) is 30.4. The first-order valence-corrected chi connectivity index (χ1v) is 13.2. The fourth-order valence-electron chi connectivity index (χ4n) is 4.73. The number of carboxylic acid groups (broad SMARTS) is 1. The van der Waals surface area contributed by atoms with Crippen LogP contribution in [0.15, 0.2) is 52.5 Å². The number of carbonyl (C=O) groups excluding carboxylic acids is 1. The predicted octanol–water partition coefficient (Wildman–Crippen LogP) is 6.28. The molecule has 0 atom stereocenters. The molecule has 1 amide bonds. The van der Waals surface area contributed by atoms with Gasteiger partial charge in [-0.05, 0) is 73.0 Å². The molecule has 2 aromatic carbocycles. The number of rotatable bonds is 4. The number of amides is 1. The molecule has 41 heavy (non-hydrogen) atoms. The zero-order valence-corrected chi connectivity index (χ0v) is 22.2. The molecule has 0 spiro atoms. The fraction of sp³-hybridized carbons (Fsp3) is 0.333. The smallest absolute Gasteiger partial charge is 0.416 e. The molecule has 1 saturated heterocycles. The molecule has 3 heterocycles. The summed E-state index contributed by atoms with van der Waals surface area (Å²) in [5, 5.41) is 14.6. The molecular weight excluding hydrogens is 574 g/mol. The quantitative estimate of drug-likeness (QED) is 0.282. The highest BCUT2D eigenvalue weighted by molar-refractivity contribution is 8.18. The van der Waals surface area contributed by atoms with Gasteiger partial charge in [0.25, 0.3) is 5.91 Å². The van der Waals surface area contributed by atoms with E-state index in [2.05, 4.69) is 10.1 Å². The van der Waals surface area contributed by atoms with Crippen molar-refractivity contribution >= 4 is 45.8 Å². The Labute approximate surface area is 233 Å². The summed E-state index contributed by atoms with van der Waals surface area (Å²) in [6.45, 7) is 2.20. The number of likely N-dealkylation sites (tertiary alicyclic amines) is 1. The normalized spacial score (nSPS) is 18.8. The van der Waals surface area contributed by atoms with Crippen LogP contribution >= 0.6 is 11.8 Å². The zero-order valence-electron chi connectivity index (χ0n) is 21.4. The average Bonchev–Trinajstić information content (AvgIpc) is 3.46. The number of halogens is 6. The standard InChI is InChI=1S/C27H22F6N4O3S/c1-25(23(39)40)6-8-36(9-7-25)24-35-22(38)21(41-24)11-15-2-5-20-17(10-15)13-34-37(20)14-16-3-4-18(26(28,29)30)12-19(16)27(31,32)33/h2-5,10-13H,6-9,14H2,1H3,(H,39,40). The number of thioether (sulfide) groups is 1. The molecule has 0 aliphatic carbocycles. The number of nitrogens with zero attached hydrogens (tertiary/aromatic N) is 4. The third-order valence-corrected chi connectivity index (χ3v) is 8.33. The maximum atomic E-state index is 13.6.